The fourth-order valence-corrected chi connectivity index (χ4v) is 2.20. The van der Waals surface area contributed by atoms with Gasteiger partial charge in [0.05, 0.1) is 6.54 Å². The molecule has 0 aliphatic carbocycles. The molecule has 0 spiro atoms. The quantitative estimate of drug-likeness (QED) is 0.544. The standard InChI is InChI=1S/C18H18N4O4/c1-4-14(24)20-15-16(21(2)18(26)22(3)17(15)25)19-10-6-8-12-7-5-9-13(23)11-12/h4-5,7,9,11,19,23H,1,10H2,2-3H3,(H,20,24). The molecule has 0 saturated heterocycles. The van der Waals surface area contributed by atoms with Crippen LogP contribution in [0.15, 0.2) is 46.5 Å². The number of aromatic hydroxyl groups is 1. The Bertz CT molecular complexity index is 1040. The summed E-state index contributed by atoms with van der Waals surface area (Å²) in [4.78, 5) is 36.0. The Labute approximate surface area is 149 Å². The minimum atomic E-state index is -0.647. The Kier molecular flexibility index (Phi) is 5.65. The summed E-state index contributed by atoms with van der Waals surface area (Å²) in [5, 5.41) is 14.7. The van der Waals surface area contributed by atoms with Crippen molar-refractivity contribution in [3.05, 3.63) is 63.3 Å². The van der Waals surface area contributed by atoms with E-state index in [2.05, 4.69) is 29.1 Å². The first-order valence-electron chi connectivity index (χ1n) is 7.60. The van der Waals surface area contributed by atoms with Gasteiger partial charge in [0.1, 0.15) is 17.3 Å². The first-order chi connectivity index (χ1) is 12.3. The van der Waals surface area contributed by atoms with E-state index >= 15 is 0 Å². The third-order valence-corrected chi connectivity index (χ3v) is 3.52. The van der Waals surface area contributed by atoms with E-state index in [0.717, 1.165) is 10.6 Å². The summed E-state index contributed by atoms with van der Waals surface area (Å²) in [5.41, 5.74) is -0.648. The summed E-state index contributed by atoms with van der Waals surface area (Å²) >= 11 is 0. The fraction of sp³-hybridized carbons (Fsp3) is 0.167. The van der Waals surface area contributed by atoms with Crippen molar-refractivity contribution in [3.8, 4) is 17.6 Å². The highest BCUT2D eigenvalue weighted by molar-refractivity contribution is 6.00. The van der Waals surface area contributed by atoms with Crippen molar-refractivity contribution in [1.29, 1.82) is 0 Å². The Morgan fingerprint density at radius 2 is 2.04 bits per heavy atom. The van der Waals surface area contributed by atoms with Crippen molar-refractivity contribution >= 4 is 17.4 Å². The number of hydrogen-bond acceptors (Lipinski definition) is 5. The largest absolute Gasteiger partial charge is 0.508 e. The summed E-state index contributed by atoms with van der Waals surface area (Å²) < 4.78 is 2.10. The molecular weight excluding hydrogens is 336 g/mol. The molecule has 0 radical (unpaired) electrons. The van der Waals surface area contributed by atoms with Crippen LogP contribution in [0.25, 0.3) is 0 Å². The lowest BCUT2D eigenvalue weighted by Crippen LogP contribution is -2.40. The zero-order valence-corrected chi connectivity index (χ0v) is 14.4. The average Bonchev–Trinajstić information content (AvgIpc) is 2.63. The van der Waals surface area contributed by atoms with Crippen LogP contribution in [0.2, 0.25) is 0 Å². The first kappa shape index (κ1) is 18.6. The highest BCUT2D eigenvalue weighted by Gasteiger charge is 2.16. The van der Waals surface area contributed by atoms with Gasteiger partial charge >= 0.3 is 5.69 Å². The molecule has 0 saturated carbocycles. The van der Waals surface area contributed by atoms with Crippen LogP contribution in [0.1, 0.15) is 5.56 Å². The topological polar surface area (TPSA) is 105 Å². The summed E-state index contributed by atoms with van der Waals surface area (Å²) in [7, 11) is 2.79. The maximum atomic E-state index is 12.3. The van der Waals surface area contributed by atoms with Crippen LogP contribution < -0.4 is 21.9 Å². The number of phenols is 1. The molecule has 0 atom stereocenters. The number of aromatic nitrogens is 2. The number of carbonyl (C=O) groups is 1. The van der Waals surface area contributed by atoms with Gasteiger partial charge in [0.15, 0.2) is 0 Å². The molecule has 1 aromatic carbocycles. The Balaban J connectivity index is 2.33. The van der Waals surface area contributed by atoms with E-state index in [4.69, 9.17) is 0 Å². The molecule has 0 bridgehead atoms. The molecule has 2 aromatic rings. The number of carbonyl (C=O) groups excluding carboxylic acids is 1. The highest BCUT2D eigenvalue weighted by Crippen LogP contribution is 2.14. The summed E-state index contributed by atoms with van der Waals surface area (Å²) in [6.45, 7) is 3.45. The summed E-state index contributed by atoms with van der Waals surface area (Å²) in [5.74, 6) is 5.33. The lowest BCUT2D eigenvalue weighted by Gasteiger charge is -2.15. The number of amides is 1. The third kappa shape index (κ3) is 4.02. The molecule has 0 aliphatic rings. The predicted octanol–water partition coefficient (Wildman–Crippen LogP) is 0.378. The van der Waals surface area contributed by atoms with Crippen molar-refractivity contribution in [2.75, 3.05) is 17.2 Å². The molecule has 0 aliphatic heterocycles. The number of benzene rings is 1. The molecule has 1 aromatic heterocycles. The van der Waals surface area contributed by atoms with Gasteiger partial charge in [-0.2, -0.15) is 0 Å². The van der Waals surface area contributed by atoms with Gasteiger partial charge in [0.25, 0.3) is 5.56 Å². The third-order valence-electron chi connectivity index (χ3n) is 3.52. The fourth-order valence-electron chi connectivity index (χ4n) is 2.20. The lowest BCUT2D eigenvalue weighted by molar-refractivity contribution is -0.111. The summed E-state index contributed by atoms with van der Waals surface area (Å²) in [6, 6.07) is 6.45. The minimum Gasteiger partial charge on any atom is -0.508 e. The van der Waals surface area contributed by atoms with Gasteiger partial charge < -0.3 is 15.7 Å². The molecule has 3 N–H and O–H groups in total. The molecule has 2 rings (SSSR count). The van der Waals surface area contributed by atoms with Crippen LogP contribution in [0, 0.1) is 11.8 Å². The first-order valence-corrected chi connectivity index (χ1v) is 7.60. The zero-order valence-electron chi connectivity index (χ0n) is 14.4. The van der Waals surface area contributed by atoms with Crippen LogP contribution >= 0.6 is 0 Å². The number of anilines is 2. The normalized spacial score (nSPS) is 9.77. The second-order valence-electron chi connectivity index (χ2n) is 5.33. The highest BCUT2D eigenvalue weighted by atomic mass is 16.3. The molecule has 8 nitrogen and oxygen atoms in total. The zero-order chi connectivity index (χ0) is 19.3. The maximum absolute atomic E-state index is 12.3. The molecule has 1 heterocycles. The van der Waals surface area contributed by atoms with Crippen molar-refractivity contribution in [2.24, 2.45) is 14.1 Å². The second kappa shape index (κ2) is 7.90. The van der Waals surface area contributed by atoms with E-state index in [0.29, 0.717) is 5.56 Å². The molecule has 26 heavy (non-hydrogen) atoms. The van der Waals surface area contributed by atoms with Gasteiger partial charge in [0.2, 0.25) is 5.91 Å². The van der Waals surface area contributed by atoms with Crippen LogP contribution in [0.4, 0.5) is 11.5 Å². The number of hydrogen-bond donors (Lipinski definition) is 3. The predicted molar refractivity (Wildman–Crippen MR) is 99.2 cm³/mol. The van der Waals surface area contributed by atoms with Crippen molar-refractivity contribution < 1.29 is 9.90 Å². The molecule has 0 fully saturated rings. The average molecular weight is 354 g/mol. The van der Waals surface area contributed by atoms with E-state index < -0.39 is 17.2 Å². The van der Waals surface area contributed by atoms with E-state index in [-0.39, 0.29) is 23.8 Å². The van der Waals surface area contributed by atoms with Crippen LogP contribution in [0.5, 0.6) is 5.75 Å². The molecule has 8 heteroatoms. The monoisotopic (exact) mass is 354 g/mol. The van der Waals surface area contributed by atoms with E-state index in [1.54, 1.807) is 12.1 Å². The lowest BCUT2D eigenvalue weighted by atomic mass is 10.2. The summed E-state index contributed by atoms with van der Waals surface area (Å²) in [6.07, 6.45) is 1.02. The molecule has 1 amide bonds. The van der Waals surface area contributed by atoms with E-state index in [9.17, 15) is 19.5 Å². The number of nitrogens with zero attached hydrogens (tertiary/aromatic N) is 2. The molecule has 134 valence electrons. The second-order valence-corrected chi connectivity index (χ2v) is 5.33. The van der Waals surface area contributed by atoms with E-state index in [1.807, 2.05) is 0 Å². The van der Waals surface area contributed by atoms with Crippen LogP contribution in [-0.2, 0) is 18.9 Å². The van der Waals surface area contributed by atoms with Gasteiger partial charge in [-0.3, -0.25) is 18.7 Å². The Morgan fingerprint density at radius 1 is 1.31 bits per heavy atom. The SMILES string of the molecule is C=CC(=O)Nc1c(NCC#Cc2cccc(O)c2)n(C)c(=O)n(C)c1=O. The van der Waals surface area contributed by atoms with Gasteiger partial charge in [-0.1, -0.05) is 24.5 Å². The Hall–Kier alpha value is -3.73. The molecular formula is C18H18N4O4. The van der Waals surface area contributed by atoms with Crippen molar-refractivity contribution in [1.82, 2.24) is 9.13 Å². The van der Waals surface area contributed by atoms with Gasteiger partial charge in [-0.05, 0) is 24.3 Å². The smallest absolute Gasteiger partial charge is 0.332 e. The number of phenolic OH excluding ortho intramolecular Hbond substituents is 1. The van der Waals surface area contributed by atoms with Gasteiger partial charge in [0, 0.05) is 19.7 Å². The van der Waals surface area contributed by atoms with Gasteiger partial charge in [-0.15, -0.1) is 0 Å². The maximum Gasteiger partial charge on any atom is 0.332 e. The minimum absolute atomic E-state index is 0.0707. The number of rotatable bonds is 4. The van der Waals surface area contributed by atoms with Gasteiger partial charge in [-0.25, -0.2) is 4.79 Å². The van der Waals surface area contributed by atoms with E-state index in [1.165, 1.54) is 30.8 Å². The van der Waals surface area contributed by atoms with Crippen LogP contribution in [-0.4, -0.2) is 26.7 Å². The van der Waals surface area contributed by atoms with Crippen molar-refractivity contribution in [3.63, 3.8) is 0 Å². The number of nitrogens with one attached hydrogen (secondary N) is 2. The Morgan fingerprint density at radius 3 is 2.69 bits per heavy atom. The van der Waals surface area contributed by atoms with Crippen LogP contribution in [0.3, 0.4) is 0 Å². The van der Waals surface area contributed by atoms with Crippen molar-refractivity contribution in [2.45, 2.75) is 0 Å². The molecule has 0 unspecified atom stereocenters.